The van der Waals surface area contributed by atoms with Gasteiger partial charge in [-0.15, -0.1) is 0 Å². The van der Waals surface area contributed by atoms with Crippen LogP contribution in [0.15, 0.2) is 42.5 Å². The normalized spacial score (nSPS) is 13.5. The van der Waals surface area contributed by atoms with Crippen molar-refractivity contribution in [3.05, 3.63) is 59.5 Å². The fraction of sp³-hybridized carbons (Fsp3) is 0.250. The maximum atomic E-state index is 12.9. The van der Waals surface area contributed by atoms with E-state index >= 15 is 0 Å². The molecule has 5 nitrogen and oxygen atoms in total. The Labute approximate surface area is 150 Å². The summed E-state index contributed by atoms with van der Waals surface area (Å²) < 4.78 is 23.8. The Kier molecular flexibility index (Phi) is 4.24. The van der Waals surface area contributed by atoms with E-state index in [-0.39, 0.29) is 18.3 Å². The van der Waals surface area contributed by atoms with Gasteiger partial charge in [0.25, 0.3) is 5.91 Å². The quantitative estimate of drug-likeness (QED) is 0.782. The van der Waals surface area contributed by atoms with Gasteiger partial charge in [-0.25, -0.2) is 4.39 Å². The first-order valence-corrected chi connectivity index (χ1v) is 8.48. The van der Waals surface area contributed by atoms with Crippen molar-refractivity contribution in [1.82, 2.24) is 9.88 Å². The van der Waals surface area contributed by atoms with Gasteiger partial charge in [0.2, 0.25) is 0 Å². The number of rotatable bonds is 4. The number of para-hydroxylation sites is 1. The molecule has 2 aromatic carbocycles. The molecule has 0 spiro atoms. The van der Waals surface area contributed by atoms with Crippen LogP contribution in [0, 0.1) is 5.82 Å². The van der Waals surface area contributed by atoms with Crippen LogP contribution in [0.5, 0.6) is 11.5 Å². The number of nitrogens with zero attached hydrogens (tertiary/aromatic N) is 1. The molecule has 1 aliphatic heterocycles. The van der Waals surface area contributed by atoms with Crippen LogP contribution in [-0.2, 0) is 17.8 Å². The lowest BCUT2D eigenvalue weighted by Gasteiger charge is -2.27. The second-order valence-corrected chi connectivity index (χ2v) is 6.27. The van der Waals surface area contributed by atoms with E-state index in [4.69, 9.17) is 9.47 Å². The van der Waals surface area contributed by atoms with E-state index in [0.717, 1.165) is 34.3 Å². The molecule has 26 heavy (non-hydrogen) atoms. The highest BCUT2D eigenvalue weighted by Crippen LogP contribution is 2.32. The molecule has 0 fully saturated rings. The number of carbonyl (C=O) groups is 1. The summed E-state index contributed by atoms with van der Waals surface area (Å²) >= 11 is 0. The second kappa shape index (κ2) is 6.71. The number of methoxy groups -OCH3 is 1. The van der Waals surface area contributed by atoms with Crippen LogP contribution in [0.25, 0.3) is 10.9 Å². The molecule has 1 aromatic heterocycles. The maximum Gasteiger partial charge on any atom is 0.260 e. The van der Waals surface area contributed by atoms with Crippen LogP contribution < -0.4 is 9.47 Å². The summed E-state index contributed by atoms with van der Waals surface area (Å²) in [6.45, 7) is 1.11. The number of carbonyl (C=O) groups excluding carboxylic acids is 1. The van der Waals surface area contributed by atoms with Crippen molar-refractivity contribution < 1.29 is 18.7 Å². The van der Waals surface area contributed by atoms with E-state index in [1.807, 2.05) is 18.2 Å². The SMILES string of the molecule is COc1cccc2c3c([nH]c12)CCN(C(=O)COc1ccc(F)cc1)C3. The predicted octanol–water partition coefficient (Wildman–Crippen LogP) is 3.28. The van der Waals surface area contributed by atoms with Crippen molar-refractivity contribution in [3.8, 4) is 11.5 Å². The molecule has 0 saturated heterocycles. The molecule has 0 unspecified atom stereocenters. The van der Waals surface area contributed by atoms with Gasteiger partial charge < -0.3 is 19.4 Å². The first-order valence-electron chi connectivity index (χ1n) is 8.48. The van der Waals surface area contributed by atoms with E-state index in [1.165, 1.54) is 24.3 Å². The lowest BCUT2D eigenvalue weighted by atomic mass is 10.0. The Morgan fingerprint density at radius 3 is 2.81 bits per heavy atom. The number of halogens is 1. The van der Waals surface area contributed by atoms with Gasteiger partial charge in [-0.2, -0.15) is 0 Å². The van der Waals surface area contributed by atoms with Crippen LogP contribution in [0.2, 0.25) is 0 Å². The van der Waals surface area contributed by atoms with Gasteiger partial charge in [0.1, 0.15) is 17.3 Å². The fourth-order valence-electron chi connectivity index (χ4n) is 3.36. The largest absolute Gasteiger partial charge is 0.495 e. The van der Waals surface area contributed by atoms with Crippen LogP contribution in [0.4, 0.5) is 4.39 Å². The summed E-state index contributed by atoms with van der Waals surface area (Å²) in [7, 11) is 1.65. The summed E-state index contributed by atoms with van der Waals surface area (Å²) in [6, 6.07) is 11.6. The van der Waals surface area contributed by atoms with E-state index in [0.29, 0.717) is 18.8 Å². The third-order valence-electron chi connectivity index (χ3n) is 4.72. The third kappa shape index (κ3) is 2.98. The molecule has 134 valence electrons. The van der Waals surface area contributed by atoms with Crippen LogP contribution in [0.1, 0.15) is 11.3 Å². The van der Waals surface area contributed by atoms with Crippen molar-refractivity contribution >= 4 is 16.8 Å². The van der Waals surface area contributed by atoms with E-state index < -0.39 is 0 Å². The zero-order valence-corrected chi connectivity index (χ0v) is 14.4. The van der Waals surface area contributed by atoms with Gasteiger partial charge in [-0.3, -0.25) is 4.79 Å². The number of aromatic nitrogens is 1. The maximum absolute atomic E-state index is 12.9. The lowest BCUT2D eigenvalue weighted by molar-refractivity contribution is -0.134. The summed E-state index contributed by atoms with van der Waals surface area (Å²) in [6.07, 6.45) is 0.759. The van der Waals surface area contributed by atoms with Crippen LogP contribution >= 0.6 is 0 Å². The predicted molar refractivity (Wildman–Crippen MR) is 95.9 cm³/mol. The highest BCUT2D eigenvalue weighted by atomic mass is 19.1. The minimum atomic E-state index is -0.331. The minimum absolute atomic E-state index is 0.0629. The van der Waals surface area contributed by atoms with Gasteiger partial charge in [0, 0.05) is 36.2 Å². The van der Waals surface area contributed by atoms with Crippen LogP contribution in [-0.4, -0.2) is 36.1 Å². The summed E-state index contributed by atoms with van der Waals surface area (Å²) in [5, 5.41) is 1.08. The molecule has 1 N–H and O–H groups in total. The van der Waals surface area contributed by atoms with Crippen molar-refractivity contribution in [2.45, 2.75) is 13.0 Å². The fourth-order valence-corrected chi connectivity index (χ4v) is 3.36. The molecule has 0 atom stereocenters. The molecule has 0 bridgehead atoms. The Morgan fingerprint density at radius 2 is 2.04 bits per heavy atom. The van der Waals surface area contributed by atoms with Crippen LogP contribution in [0.3, 0.4) is 0 Å². The molecule has 0 aliphatic carbocycles. The second-order valence-electron chi connectivity index (χ2n) is 6.27. The number of aromatic amines is 1. The number of benzene rings is 2. The number of fused-ring (bicyclic) bond motifs is 3. The van der Waals surface area contributed by atoms with E-state index in [2.05, 4.69) is 4.98 Å². The van der Waals surface area contributed by atoms with Gasteiger partial charge >= 0.3 is 0 Å². The number of nitrogens with one attached hydrogen (secondary N) is 1. The Hall–Kier alpha value is -3.02. The smallest absolute Gasteiger partial charge is 0.260 e. The average Bonchev–Trinajstić information content (AvgIpc) is 3.05. The monoisotopic (exact) mass is 354 g/mol. The lowest BCUT2D eigenvalue weighted by Crippen LogP contribution is -2.38. The zero-order chi connectivity index (χ0) is 18.1. The first kappa shape index (κ1) is 16.4. The Bertz CT molecular complexity index is 950. The Balaban J connectivity index is 1.49. The molecule has 1 aliphatic rings. The summed E-state index contributed by atoms with van der Waals surface area (Å²) in [4.78, 5) is 17.7. The van der Waals surface area contributed by atoms with Gasteiger partial charge in [0.15, 0.2) is 6.61 Å². The number of hydrogen-bond donors (Lipinski definition) is 1. The molecule has 2 heterocycles. The van der Waals surface area contributed by atoms with Crippen molar-refractivity contribution in [2.75, 3.05) is 20.3 Å². The standard InChI is InChI=1S/C20H19FN2O3/c1-25-18-4-2-3-15-16-11-23(10-9-17(16)22-20(15)18)19(24)12-26-14-7-5-13(21)6-8-14/h2-8,22H,9-12H2,1H3. The number of H-pyrrole nitrogens is 1. The number of amides is 1. The van der Waals surface area contributed by atoms with E-state index in [1.54, 1.807) is 12.0 Å². The summed E-state index contributed by atoms with van der Waals surface area (Å²) in [5.74, 6) is 0.864. The topological polar surface area (TPSA) is 54.6 Å². The molecule has 4 rings (SSSR count). The average molecular weight is 354 g/mol. The molecule has 1 amide bonds. The molecule has 3 aromatic rings. The van der Waals surface area contributed by atoms with Crippen molar-refractivity contribution in [2.24, 2.45) is 0 Å². The Morgan fingerprint density at radius 1 is 1.23 bits per heavy atom. The third-order valence-corrected chi connectivity index (χ3v) is 4.72. The van der Waals surface area contributed by atoms with Crippen molar-refractivity contribution in [1.29, 1.82) is 0 Å². The van der Waals surface area contributed by atoms with Gasteiger partial charge in [0.05, 0.1) is 12.6 Å². The molecule has 6 heteroatoms. The highest BCUT2D eigenvalue weighted by molar-refractivity contribution is 5.90. The van der Waals surface area contributed by atoms with Crippen molar-refractivity contribution in [3.63, 3.8) is 0 Å². The zero-order valence-electron chi connectivity index (χ0n) is 14.4. The molecular formula is C20H19FN2O3. The number of ether oxygens (including phenoxy) is 2. The first-order chi connectivity index (χ1) is 12.7. The molecule has 0 saturated carbocycles. The number of hydrogen-bond acceptors (Lipinski definition) is 3. The minimum Gasteiger partial charge on any atom is -0.495 e. The highest BCUT2D eigenvalue weighted by Gasteiger charge is 2.25. The van der Waals surface area contributed by atoms with E-state index in [9.17, 15) is 9.18 Å². The van der Waals surface area contributed by atoms with Gasteiger partial charge in [-0.1, -0.05) is 12.1 Å². The molecule has 0 radical (unpaired) electrons. The summed E-state index contributed by atoms with van der Waals surface area (Å²) in [5.41, 5.74) is 3.24. The van der Waals surface area contributed by atoms with Gasteiger partial charge in [-0.05, 0) is 30.3 Å². The molecular weight excluding hydrogens is 335 g/mol.